The van der Waals surface area contributed by atoms with Crippen molar-refractivity contribution in [3.63, 3.8) is 0 Å². The molecule has 1 N–H and O–H groups in total. The van der Waals surface area contributed by atoms with Crippen LogP contribution in [-0.2, 0) is 13.5 Å². The molecule has 1 aliphatic carbocycles. The first-order chi connectivity index (χ1) is 11.2. The first-order valence-corrected chi connectivity index (χ1v) is 8.04. The van der Waals surface area contributed by atoms with Crippen molar-refractivity contribution in [1.29, 1.82) is 0 Å². The van der Waals surface area contributed by atoms with Crippen LogP contribution in [0.2, 0.25) is 0 Å². The maximum atomic E-state index is 12.2. The second-order valence-corrected chi connectivity index (χ2v) is 6.11. The van der Waals surface area contributed by atoms with Crippen molar-refractivity contribution in [2.24, 2.45) is 7.05 Å². The molecule has 1 unspecified atom stereocenters. The number of benzene rings is 2. The van der Waals surface area contributed by atoms with Crippen LogP contribution in [0.3, 0.4) is 0 Å². The summed E-state index contributed by atoms with van der Waals surface area (Å²) in [6, 6.07) is 16.5. The summed E-state index contributed by atoms with van der Waals surface area (Å²) in [5.41, 5.74) is 2.69. The van der Waals surface area contributed by atoms with E-state index in [0.29, 0.717) is 5.39 Å². The number of anilines is 1. The fraction of sp³-hybridized carbons (Fsp3) is 0.263. The van der Waals surface area contributed by atoms with Crippen molar-refractivity contribution in [2.45, 2.75) is 25.3 Å². The van der Waals surface area contributed by atoms with Crippen LogP contribution in [0.5, 0.6) is 0 Å². The van der Waals surface area contributed by atoms with Crippen LogP contribution in [0.15, 0.2) is 53.3 Å². The molecule has 0 aliphatic heterocycles. The van der Waals surface area contributed by atoms with Crippen LogP contribution in [0.25, 0.3) is 10.8 Å². The number of fused-ring (bicyclic) bond motifs is 2. The monoisotopic (exact) mass is 305 g/mol. The molecule has 1 aliphatic rings. The Hall–Kier alpha value is -2.62. The molecule has 2 aromatic carbocycles. The van der Waals surface area contributed by atoms with E-state index in [-0.39, 0.29) is 11.6 Å². The summed E-state index contributed by atoms with van der Waals surface area (Å²) >= 11 is 0. The van der Waals surface area contributed by atoms with Crippen molar-refractivity contribution >= 4 is 16.6 Å². The number of hydrogen-bond acceptors (Lipinski definition) is 3. The Labute approximate surface area is 134 Å². The van der Waals surface area contributed by atoms with Gasteiger partial charge in [0.15, 0.2) is 5.82 Å². The fourth-order valence-electron chi connectivity index (χ4n) is 3.48. The molecule has 0 spiro atoms. The van der Waals surface area contributed by atoms with Gasteiger partial charge in [0.1, 0.15) is 0 Å². The second kappa shape index (κ2) is 5.54. The third-order valence-electron chi connectivity index (χ3n) is 4.64. The Kier molecular flexibility index (Phi) is 3.37. The highest BCUT2D eigenvalue weighted by Crippen LogP contribution is 2.33. The second-order valence-electron chi connectivity index (χ2n) is 6.11. The minimum Gasteiger partial charge on any atom is -0.361 e. The maximum absolute atomic E-state index is 12.2. The average molecular weight is 305 g/mol. The Bertz CT molecular complexity index is 929. The van der Waals surface area contributed by atoms with Gasteiger partial charge in [-0.15, -0.1) is 0 Å². The van der Waals surface area contributed by atoms with Gasteiger partial charge >= 0.3 is 0 Å². The van der Waals surface area contributed by atoms with Gasteiger partial charge in [0.05, 0.1) is 11.4 Å². The van der Waals surface area contributed by atoms with Gasteiger partial charge < -0.3 is 5.32 Å². The predicted octanol–water partition coefficient (Wildman–Crippen LogP) is 3.42. The van der Waals surface area contributed by atoms with Gasteiger partial charge in [0.25, 0.3) is 5.56 Å². The van der Waals surface area contributed by atoms with E-state index in [1.54, 1.807) is 7.05 Å². The molecular formula is C19H19N3O. The molecule has 4 heteroatoms. The van der Waals surface area contributed by atoms with E-state index >= 15 is 0 Å². The number of aromatic nitrogens is 2. The van der Waals surface area contributed by atoms with Crippen molar-refractivity contribution in [3.05, 3.63) is 70.0 Å². The average Bonchev–Trinajstić information content (AvgIpc) is 2.60. The minimum absolute atomic E-state index is 0.0600. The van der Waals surface area contributed by atoms with Crippen LogP contribution in [0.1, 0.15) is 30.0 Å². The fourth-order valence-corrected chi connectivity index (χ4v) is 3.48. The smallest absolute Gasteiger partial charge is 0.274 e. The van der Waals surface area contributed by atoms with Gasteiger partial charge in [-0.05, 0) is 36.5 Å². The lowest BCUT2D eigenvalue weighted by atomic mass is 9.87. The Morgan fingerprint density at radius 3 is 2.70 bits per heavy atom. The van der Waals surface area contributed by atoms with Gasteiger partial charge in [0, 0.05) is 12.4 Å². The summed E-state index contributed by atoms with van der Waals surface area (Å²) < 4.78 is 1.42. The zero-order valence-corrected chi connectivity index (χ0v) is 13.1. The Morgan fingerprint density at radius 1 is 1.09 bits per heavy atom. The van der Waals surface area contributed by atoms with E-state index in [2.05, 4.69) is 34.7 Å². The Morgan fingerprint density at radius 2 is 1.83 bits per heavy atom. The molecule has 0 amide bonds. The first-order valence-electron chi connectivity index (χ1n) is 8.04. The number of nitrogens with zero attached hydrogens (tertiary/aromatic N) is 2. The Balaban J connectivity index is 1.80. The zero-order chi connectivity index (χ0) is 15.8. The molecule has 3 aromatic rings. The number of hydrogen-bond donors (Lipinski definition) is 1. The first kappa shape index (κ1) is 14.0. The van der Waals surface area contributed by atoms with Crippen LogP contribution in [-0.4, -0.2) is 9.78 Å². The molecule has 23 heavy (non-hydrogen) atoms. The zero-order valence-electron chi connectivity index (χ0n) is 13.1. The van der Waals surface area contributed by atoms with Crippen molar-refractivity contribution < 1.29 is 0 Å². The molecule has 1 aromatic heterocycles. The summed E-state index contributed by atoms with van der Waals surface area (Å²) in [7, 11) is 1.70. The molecule has 0 radical (unpaired) electrons. The molecule has 0 saturated carbocycles. The van der Waals surface area contributed by atoms with Crippen molar-refractivity contribution in [2.75, 3.05) is 5.32 Å². The van der Waals surface area contributed by atoms with Crippen LogP contribution in [0.4, 0.5) is 5.82 Å². The van der Waals surface area contributed by atoms with Gasteiger partial charge in [-0.1, -0.05) is 42.5 Å². The highest BCUT2D eigenvalue weighted by Gasteiger charge is 2.21. The van der Waals surface area contributed by atoms with Gasteiger partial charge in [-0.2, -0.15) is 5.10 Å². The molecular weight excluding hydrogens is 286 g/mol. The molecule has 0 fully saturated rings. The quantitative estimate of drug-likeness (QED) is 0.789. The summed E-state index contributed by atoms with van der Waals surface area (Å²) in [6.07, 6.45) is 3.38. The van der Waals surface area contributed by atoms with Crippen molar-refractivity contribution in [1.82, 2.24) is 9.78 Å². The summed E-state index contributed by atoms with van der Waals surface area (Å²) in [5.74, 6) is 0.782. The third kappa shape index (κ3) is 2.40. The minimum atomic E-state index is -0.0600. The summed E-state index contributed by atoms with van der Waals surface area (Å²) in [5, 5.41) is 9.63. The molecule has 1 heterocycles. The lowest BCUT2D eigenvalue weighted by Gasteiger charge is -2.27. The largest absolute Gasteiger partial charge is 0.361 e. The van der Waals surface area contributed by atoms with E-state index in [9.17, 15) is 4.79 Å². The predicted molar refractivity (Wildman–Crippen MR) is 92.7 cm³/mol. The highest BCUT2D eigenvalue weighted by atomic mass is 16.1. The van der Waals surface area contributed by atoms with Crippen molar-refractivity contribution in [3.8, 4) is 0 Å². The van der Waals surface area contributed by atoms with E-state index in [4.69, 9.17) is 0 Å². The molecule has 4 nitrogen and oxygen atoms in total. The summed E-state index contributed by atoms with van der Waals surface area (Å²) in [4.78, 5) is 12.2. The molecule has 0 bridgehead atoms. The van der Waals surface area contributed by atoms with Crippen LogP contribution >= 0.6 is 0 Å². The lowest BCUT2D eigenvalue weighted by molar-refractivity contribution is 0.594. The number of nitrogens with one attached hydrogen (secondary N) is 1. The van der Waals surface area contributed by atoms with Gasteiger partial charge in [-0.25, -0.2) is 4.68 Å². The topological polar surface area (TPSA) is 46.9 Å². The number of aryl methyl sites for hydroxylation is 2. The normalized spacial score (nSPS) is 17.0. The molecule has 1 atom stereocenters. The van der Waals surface area contributed by atoms with Gasteiger partial charge in [-0.3, -0.25) is 4.79 Å². The highest BCUT2D eigenvalue weighted by molar-refractivity contribution is 5.91. The standard InChI is InChI=1S/C19H19N3O/c1-22-19(23)16-11-5-4-10-15(16)18(21-22)20-17-12-6-8-13-7-2-3-9-14(13)17/h2-5,7,9-11,17H,6,8,12H2,1H3,(H,20,21). The van der Waals surface area contributed by atoms with Crippen LogP contribution < -0.4 is 10.9 Å². The molecule has 0 saturated heterocycles. The van der Waals surface area contributed by atoms with E-state index < -0.39 is 0 Å². The van der Waals surface area contributed by atoms with E-state index in [1.807, 2.05) is 24.3 Å². The SMILES string of the molecule is Cn1nc(NC2CCCc3ccccc32)c2ccccc2c1=O. The van der Waals surface area contributed by atoms with Crippen LogP contribution in [0, 0.1) is 0 Å². The third-order valence-corrected chi connectivity index (χ3v) is 4.64. The molecule has 116 valence electrons. The lowest BCUT2D eigenvalue weighted by Crippen LogP contribution is -2.24. The van der Waals surface area contributed by atoms with E-state index in [0.717, 1.165) is 24.0 Å². The number of rotatable bonds is 2. The van der Waals surface area contributed by atoms with Gasteiger partial charge in [0.2, 0.25) is 0 Å². The molecule has 4 rings (SSSR count). The van der Waals surface area contributed by atoms with E-state index in [1.165, 1.54) is 22.2 Å². The maximum Gasteiger partial charge on any atom is 0.274 e. The summed E-state index contributed by atoms with van der Waals surface area (Å²) in [6.45, 7) is 0.